The minimum atomic E-state index is -2.46. The van der Waals surface area contributed by atoms with Crippen molar-refractivity contribution < 1.29 is 66.0 Å². The molecule has 6 heteroatoms. The van der Waals surface area contributed by atoms with Crippen LogP contribution in [0.25, 0.3) is 22.3 Å². The van der Waals surface area contributed by atoms with Crippen LogP contribution in [0.3, 0.4) is 0 Å². The summed E-state index contributed by atoms with van der Waals surface area (Å²) < 4.78 is 7.07. The van der Waals surface area contributed by atoms with Crippen molar-refractivity contribution in [3.63, 3.8) is 0 Å². The van der Waals surface area contributed by atoms with E-state index in [1.165, 1.54) is 33.4 Å². The molecule has 0 fully saturated rings. The third-order valence-electron chi connectivity index (χ3n) is 13.6. The van der Waals surface area contributed by atoms with Crippen LogP contribution in [0.5, 0.6) is 0 Å². The first-order valence-corrected chi connectivity index (χ1v) is 46.0. The Morgan fingerprint density at radius 1 is 0.318 bits per heavy atom. The predicted octanol–water partition coefficient (Wildman–Crippen LogP) is 3.77. The molecule has 0 nitrogen and oxygen atoms in total. The first kappa shape index (κ1) is 46.6. The van der Waals surface area contributed by atoms with Crippen LogP contribution in [0, 0.1) is 0 Å². The van der Waals surface area contributed by atoms with Crippen molar-refractivity contribution in [2.24, 2.45) is 0 Å². The summed E-state index contributed by atoms with van der Waals surface area (Å²) >= 11 is -4.92. The van der Waals surface area contributed by atoms with Gasteiger partial charge in [-0.15, -0.1) is 0 Å². The topological polar surface area (TPSA) is 0 Å². The number of allylic oxidation sites excluding steroid dienone is 8. The Bertz CT molecular complexity index is 2790. The summed E-state index contributed by atoms with van der Waals surface area (Å²) in [5.74, 6) is -2.75. The SMILES string of the molecule is C1=CC[C]([Hf+]([c]2cccc3c2Cc2ccccc2-3)[SiH](c2ccccc2)c2ccccc2)=C1.C1=CC[C]([Hf+]([c]2cccc3c2Cc2ccccc2-3)[SiH](c2ccccc2)c2ccccc2)=C1.[Cl-].[Cl-]. The fourth-order valence-electron chi connectivity index (χ4n) is 10.8. The van der Waals surface area contributed by atoms with Crippen LogP contribution in [-0.4, -0.2) is 12.0 Å². The van der Waals surface area contributed by atoms with Crippen LogP contribution in [0.4, 0.5) is 0 Å². The van der Waals surface area contributed by atoms with Gasteiger partial charge in [-0.2, -0.15) is 0 Å². The van der Waals surface area contributed by atoms with Gasteiger partial charge in [0.15, 0.2) is 0 Å². The van der Waals surface area contributed by atoms with Crippen LogP contribution in [0.2, 0.25) is 0 Å². The monoisotopic (exact) mass is 1260 g/mol. The summed E-state index contributed by atoms with van der Waals surface area (Å²) in [6.07, 6.45) is 18.8. The smallest absolute Gasteiger partial charge is 1.00 e. The average Bonchev–Trinajstić information content (AvgIpc) is 4.21. The summed E-state index contributed by atoms with van der Waals surface area (Å²) in [4.78, 5) is 0. The Balaban J connectivity index is 0.000000161. The summed E-state index contributed by atoms with van der Waals surface area (Å²) in [6, 6.07) is 78.4. The number of hydrogen-bond acceptors (Lipinski definition) is 0. The summed E-state index contributed by atoms with van der Waals surface area (Å²) in [5, 5.41) is 6.45. The molecule has 320 valence electrons. The van der Waals surface area contributed by atoms with Crippen LogP contribution >= 0.6 is 0 Å². The van der Waals surface area contributed by atoms with Crippen LogP contribution in [-0.2, 0) is 54.1 Å². The molecule has 0 aromatic heterocycles. The molecule has 0 N–H and O–H groups in total. The molecule has 0 aliphatic heterocycles. The van der Waals surface area contributed by atoms with Crippen molar-refractivity contribution in [2.45, 2.75) is 25.7 Å². The van der Waals surface area contributed by atoms with Gasteiger partial charge in [0.2, 0.25) is 0 Å². The fraction of sp³-hybridized carbons (Fsp3) is 0.0667. The molecule has 8 aromatic carbocycles. The van der Waals surface area contributed by atoms with Crippen LogP contribution in [0.15, 0.2) is 249 Å². The second kappa shape index (κ2) is 21.6. The Kier molecular flexibility index (Phi) is 15.3. The molecule has 0 saturated heterocycles. The quantitative estimate of drug-likeness (QED) is 0.183. The molecule has 0 amide bonds. The molecule has 8 aromatic rings. The van der Waals surface area contributed by atoms with Crippen LogP contribution < -0.4 is 52.2 Å². The van der Waals surface area contributed by atoms with Gasteiger partial charge in [0, 0.05) is 0 Å². The van der Waals surface area contributed by atoms with E-state index in [1.54, 1.807) is 45.2 Å². The first-order chi connectivity index (χ1) is 31.8. The summed E-state index contributed by atoms with van der Waals surface area (Å²) in [7, 11) is 0. The van der Waals surface area contributed by atoms with E-state index in [1.807, 2.05) is 0 Å². The molecule has 4 aliphatic carbocycles. The molecule has 12 rings (SSSR count). The predicted molar refractivity (Wildman–Crippen MR) is 271 cm³/mol. The van der Waals surface area contributed by atoms with Gasteiger partial charge in [-0.1, -0.05) is 0 Å². The van der Waals surface area contributed by atoms with Gasteiger partial charge in [0.1, 0.15) is 0 Å². The van der Waals surface area contributed by atoms with E-state index in [4.69, 9.17) is 0 Å². The number of hydrogen-bond donors (Lipinski definition) is 0. The molecule has 4 aliphatic rings. The maximum atomic E-state index is 2.51. The van der Waals surface area contributed by atoms with Gasteiger partial charge in [-0.3, -0.25) is 0 Å². The molecule has 0 unspecified atom stereocenters. The van der Waals surface area contributed by atoms with Gasteiger partial charge in [-0.25, -0.2) is 0 Å². The third kappa shape index (κ3) is 9.35. The molecular weight excluding hydrogens is 1200 g/mol. The van der Waals surface area contributed by atoms with Gasteiger partial charge in [0.25, 0.3) is 0 Å². The largest absolute Gasteiger partial charge is 1.00 e. The van der Waals surface area contributed by atoms with Crippen molar-refractivity contribution in [1.82, 2.24) is 0 Å². The number of fused-ring (bicyclic) bond motifs is 6. The molecule has 66 heavy (non-hydrogen) atoms. The second-order valence-corrected chi connectivity index (χ2v) is 58.0. The summed E-state index contributed by atoms with van der Waals surface area (Å²) in [5.41, 5.74) is 12.1. The zero-order chi connectivity index (χ0) is 42.7. The van der Waals surface area contributed by atoms with Crippen LogP contribution in [0.1, 0.15) is 35.1 Å². The maximum absolute atomic E-state index is 2.51. The average molecular weight is 1260 g/mol. The van der Waals surface area contributed by atoms with Gasteiger partial charge >= 0.3 is 400 Å². The fourth-order valence-corrected chi connectivity index (χ4v) is 74.8. The third-order valence-corrected chi connectivity index (χ3v) is 72.1. The normalized spacial score (nSPS) is 13.3. The van der Waals surface area contributed by atoms with E-state index in [2.05, 4.69) is 243 Å². The van der Waals surface area contributed by atoms with Gasteiger partial charge in [0.05, 0.1) is 0 Å². The van der Waals surface area contributed by atoms with E-state index in [9.17, 15) is 0 Å². The first-order valence-electron chi connectivity index (χ1n) is 22.9. The van der Waals surface area contributed by atoms with E-state index in [0.717, 1.165) is 25.7 Å². The zero-order valence-corrected chi connectivity index (χ0v) is 47.8. The standard InChI is InChI=1S/2C13H9.2C12H11Si.2C5H5.2ClH.2Hf/c2*1-3-7-12-10(5-1)9-11-6-2-4-8-13(11)12;2*1-3-7-11(8-4-1)13-12-9-5-2-6-10-12;2*1-2-4-5-3-1;;;;/h2*1-5,7-8H,9H2;2*1-10,13H;2*1-3H,4H2;2*1H;;/q;;;;;;;;2*+1/p-2. The Labute approximate surface area is 420 Å². The van der Waals surface area contributed by atoms with Crippen molar-refractivity contribution >= 4 is 39.4 Å². The number of rotatable bonds is 10. The molecular formula is C60H50Cl2Hf2Si2. The molecule has 0 spiro atoms. The Hall–Kier alpha value is -4.53. The van der Waals surface area contributed by atoms with Crippen molar-refractivity contribution in [3.05, 3.63) is 272 Å². The minimum absolute atomic E-state index is 0. The molecule has 0 radical (unpaired) electrons. The van der Waals surface area contributed by atoms with Gasteiger partial charge in [-0.05, 0) is 0 Å². The van der Waals surface area contributed by atoms with Crippen molar-refractivity contribution in [3.8, 4) is 22.3 Å². The minimum Gasteiger partial charge on any atom is -1.00 e. The molecule has 0 atom stereocenters. The van der Waals surface area contributed by atoms with E-state index < -0.39 is 53.2 Å². The van der Waals surface area contributed by atoms with Gasteiger partial charge < -0.3 is 24.8 Å². The molecule has 0 heterocycles. The maximum Gasteiger partial charge on any atom is -1.00 e. The van der Waals surface area contributed by atoms with E-state index in [0.29, 0.717) is 0 Å². The van der Waals surface area contributed by atoms with E-state index >= 15 is 0 Å². The molecule has 0 bridgehead atoms. The summed E-state index contributed by atoms with van der Waals surface area (Å²) in [6.45, 7) is 0. The number of benzene rings is 8. The van der Waals surface area contributed by atoms with E-state index in [-0.39, 0.29) is 24.8 Å². The Morgan fingerprint density at radius 3 is 0.970 bits per heavy atom. The van der Waals surface area contributed by atoms with Crippen molar-refractivity contribution in [1.29, 1.82) is 0 Å². The zero-order valence-electron chi connectivity index (χ0n) is 36.8. The Morgan fingerprint density at radius 2 is 0.636 bits per heavy atom. The van der Waals surface area contributed by atoms with Crippen molar-refractivity contribution in [2.75, 3.05) is 0 Å². The number of halogens is 2. The molecule has 0 saturated carbocycles. The second-order valence-electron chi connectivity index (χ2n) is 17.3.